The van der Waals surface area contributed by atoms with Crippen LogP contribution in [0.15, 0.2) is 35.5 Å². The summed E-state index contributed by atoms with van der Waals surface area (Å²) in [7, 11) is 0. The largest absolute Gasteiger partial charge is 0.461 e. The Hall–Kier alpha value is -1.88. The predicted octanol–water partition coefficient (Wildman–Crippen LogP) is 3.09. The van der Waals surface area contributed by atoms with Gasteiger partial charge in [0.2, 0.25) is 0 Å². The van der Waals surface area contributed by atoms with Gasteiger partial charge in [-0.3, -0.25) is 4.79 Å². The average molecular weight is 348 g/mol. The van der Waals surface area contributed by atoms with E-state index in [9.17, 15) is 14.7 Å². The van der Waals surface area contributed by atoms with Gasteiger partial charge in [-0.05, 0) is 37.3 Å². The summed E-state index contributed by atoms with van der Waals surface area (Å²) < 4.78 is 11.2. The second kappa shape index (κ2) is 8.48. The van der Waals surface area contributed by atoms with Crippen LogP contribution in [-0.2, 0) is 19.1 Å². The van der Waals surface area contributed by atoms with E-state index in [1.165, 1.54) is 0 Å². The summed E-state index contributed by atoms with van der Waals surface area (Å²) in [4.78, 5) is 24.3. The van der Waals surface area contributed by atoms with Gasteiger partial charge in [0.1, 0.15) is 12.2 Å². The standard InChI is InChI=1S/C20H28O5/c1-12(2)8-18(22)24-16-9-13(3)6-5-7-15(11-21)10-17-19(16)14(4)20(23)25-17/h6,10,12,16-17,19,21H,4-5,7-9,11H2,1-3H3/b13-6+,15-10-/t16-,17+,19+/m0/s1. The number of aliphatic hydroxyl groups is 1. The molecule has 0 aromatic carbocycles. The van der Waals surface area contributed by atoms with E-state index in [0.29, 0.717) is 24.8 Å². The molecule has 1 aliphatic carbocycles. The van der Waals surface area contributed by atoms with Crippen LogP contribution in [0.5, 0.6) is 0 Å². The van der Waals surface area contributed by atoms with E-state index < -0.39 is 24.1 Å². The first-order valence-corrected chi connectivity index (χ1v) is 8.87. The van der Waals surface area contributed by atoms with Gasteiger partial charge in [0, 0.05) is 18.4 Å². The van der Waals surface area contributed by atoms with Crippen LogP contribution in [0.3, 0.4) is 0 Å². The van der Waals surface area contributed by atoms with Crippen molar-refractivity contribution >= 4 is 11.9 Å². The van der Waals surface area contributed by atoms with Gasteiger partial charge in [-0.2, -0.15) is 0 Å². The van der Waals surface area contributed by atoms with Gasteiger partial charge in [-0.15, -0.1) is 0 Å². The summed E-state index contributed by atoms with van der Waals surface area (Å²) in [6.45, 7) is 9.68. The number of fused-ring (bicyclic) bond motifs is 1. The van der Waals surface area contributed by atoms with Crippen molar-refractivity contribution in [1.82, 2.24) is 0 Å². The van der Waals surface area contributed by atoms with Crippen molar-refractivity contribution in [2.24, 2.45) is 11.8 Å². The summed E-state index contributed by atoms with van der Waals surface area (Å²) in [5.74, 6) is -0.965. The average Bonchev–Trinajstić information content (AvgIpc) is 2.79. The predicted molar refractivity (Wildman–Crippen MR) is 94.6 cm³/mol. The lowest BCUT2D eigenvalue weighted by Gasteiger charge is -2.27. The quantitative estimate of drug-likeness (QED) is 0.480. The number of hydrogen-bond donors (Lipinski definition) is 1. The van der Waals surface area contributed by atoms with E-state index in [1.807, 2.05) is 20.8 Å². The third-order valence-corrected chi connectivity index (χ3v) is 4.60. The van der Waals surface area contributed by atoms with Gasteiger partial charge >= 0.3 is 11.9 Å². The summed E-state index contributed by atoms with van der Waals surface area (Å²) in [6, 6.07) is 0. The fourth-order valence-corrected chi connectivity index (χ4v) is 3.32. The topological polar surface area (TPSA) is 72.8 Å². The molecular weight excluding hydrogens is 320 g/mol. The van der Waals surface area contributed by atoms with Crippen LogP contribution >= 0.6 is 0 Å². The fourth-order valence-electron chi connectivity index (χ4n) is 3.32. The molecule has 5 heteroatoms. The highest BCUT2D eigenvalue weighted by atomic mass is 16.6. The van der Waals surface area contributed by atoms with Crippen molar-refractivity contribution in [1.29, 1.82) is 0 Å². The number of esters is 2. The van der Waals surface area contributed by atoms with Crippen molar-refractivity contribution in [3.63, 3.8) is 0 Å². The normalized spacial score (nSPS) is 31.5. The lowest BCUT2D eigenvalue weighted by molar-refractivity contribution is -0.152. The maximum absolute atomic E-state index is 12.2. The van der Waals surface area contributed by atoms with Crippen molar-refractivity contribution in [3.05, 3.63) is 35.5 Å². The van der Waals surface area contributed by atoms with Crippen LogP contribution < -0.4 is 0 Å². The molecule has 138 valence electrons. The van der Waals surface area contributed by atoms with Gasteiger partial charge in [-0.25, -0.2) is 4.79 Å². The molecule has 0 aromatic heterocycles. The molecule has 1 aliphatic heterocycles. The second-order valence-electron chi connectivity index (χ2n) is 7.32. The van der Waals surface area contributed by atoms with Crippen LogP contribution in [0.2, 0.25) is 0 Å². The molecule has 25 heavy (non-hydrogen) atoms. The van der Waals surface area contributed by atoms with E-state index in [-0.39, 0.29) is 18.5 Å². The molecule has 2 rings (SSSR count). The Labute approximate surface area is 149 Å². The number of carbonyl (C=O) groups is 2. The highest BCUT2D eigenvalue weighted by molar-refractivity contribution is 5.91. The Balaban J connectivity index is 2.33. The zero-order chi connectivity index (χ0) is 18.6. The van der Waals surface area contributed by atoms with Gasteiger partial charge < -0.3 is 14.6 Å². The molecule has 2 aliphatic rings. The van der Waals surface area contributed by atoms with Crippen LogP contribution in [0.25, 0.3) is 0 Å². The monoisotopic (exact) mass is 348 g/mol. The molecule has 1 N–H and O–H groups in total. The minimum Gasteiger partial charge on any atom is -0.461 e. The maximum Gasteiger partial charge on any atom is 0.334 e. The molecular formula is C20H28O5. The number of rotatable bonds is 4. The molecule has 0 unspecified atom stereocenters. The first-order valence-electron chi connectivity index (χ1n) is 8.87. The molecule has 0 saturated carbocycles. The molecule has 3 atom stereocenters. The Morgan fingerprint density at radius 2 is 2.20 bits per heavy atom. The lowest BCUT2D eigenvalue weighted by atomic mass is 9.85. The van der Waals surface area contributed by atoms with Crippen LogP contribution in [0.4, 0.5) is 0 Å². The molecule has 0 radical (unpaired) electrons. The Morgan fingerprint density at radius 3 is 2.84 bits per heavy atom. The van der Waals surface area contributed by atoms with Gasteiger partial charge in [0.05, 0.1) is 12.5 Å². The first kappa shape index (κ1) is 19.4. The minimum atomic E-state index is -0.551. The molecule has 0 aromatic rings. The van der Waals surface area contributed by atoms with Gasteiger partial charge in [0.25, 0.3) is 0 Å². The van der Waals surface area contributed by atoms with Crippen molar-refractivity contribution in [2.45, 2.75) is 58.7 Å². The van der Waals surface area contributed by atoms with E-state index in [2.05, 4.69) is 12.7 Å². The fraction of sp³-hybridized carbons (Fsp3) is 0.600. The molecule has 1 heterocycles. The smallest absolute Gasteiger partial charge is 0.334 e. The molecule has 1 saturated heterocycles. The van der Waals surface area contributed by atoms with E-state index in [0.717, 1.165) is 17.6 Å². The molecule has 0 spiro atoms. The summed E-state index contributed by atoms with van der Waals surface area (Å²) in [6.07, 6.45) is 5.20. The second-order valence-corrected chi connectivity index (χ2v) is 7.32. The SMILES string of the molecule is C=C1C(=O)O[C@@H]2/C=C(\CO)CC/C=C(\C)C[C@H](OC(=O)CC(C)C)[C@@H]12. The van der Waals surface area contributed by atoms with Crippen molar-refractivity contribution in [2.75, 3.05) is 6.61 Å². The van der Waals surface area contributed by atoms with E-state index in [1.54, 1.807) is 6.08 Å². The Bertz CT molecular complexity index is 599. The van der Waals surface area contributed by atoms with E-state index >= 15 is 0 Å². The van der Waals surface area contributed by atoms with Gasteiger partial charge in [-0.1, -0.05) is 32.1 Å². The zero-order valence-electron chi connectivity index (χ0n) is 15.3. The summed E-state index contributed by atoms with van der Waals surface area (Å²) in [5.41, 5.74) is 2.23. The third kappa shape index (κ3) is 5.05. The zero-order valence-corrected chi connectivity index (χ0v) is 15.3. The number of aliphatic hydroxyl groups excluding tert-OH is 1. The van der Waals surface area contributed by atoms with Gasteiger partial charge in [0.15, 0.2) is 0 Å². The summed E-state index contributed by atoms with van der Waals surface area (Å²) in [5, 5.41) is 9.56. The lowest BCUT2D eigenvalue weighted by Crippen LogP contribution is -2.33. The highest BCUT2D eigenvalue weighted by Crippen LogP contribution is 2.36. The Morgan fingerprint density at radius 1 is 1.48 bits per heavy atom. The minimum absolute atomic E-state index is 0.0854. The van der Waals surface area contributed by atoms with Crippen molar-refractivity contribution in [3.8, 4) is 0 Å². The molecule has 0 bridgehead atoms. The van der Waals surface area contributed by atoms with Crippen LogP contribution in [0, 0.1) is 11.8 Å². The van der Waals surface area contributed by atoms with Crippen LogP contribution in [0.1, 0.15) is 46.5 Å². The number of hydrogen-bond acceptors (Lipinski definition) is 5. The highest BCUT2D eigenvalue weighted by Gasteiger charge is 2.44. The summed E-state index contributed by atoms with van der Waals surface area (Å²) >= 11 is 0. The van der Waals surface area contributed by atoms with Crippen molar-refractivity contribution < 1.29 is 24.2 Å². The number of carbonyl (C=O) groups excluding carboxylic acids is 2. The number of ether oxygens (including phenoxy) is 2. The maximum atomic E-state index is 12.2. The number of allylic oxidation sites excluding steroid dienone is 1. The first-order chi connectivity index (χ1) is 11.8. The Kier molecular flexibility index (Phi) is 6.59. The van der Waals surface area contributed by atoms with E-state index in [4.69, 9.17) is 9.47 Å². The molecule has 0 amide bonds. The van der Waals surface area contributed by atoms with Crippen LogP contribution in [-0.4, -0.2) is 35.9 Å². The third-order valence-electron chi connectivity index (χ3n) is 4.60. The molecule has 5 nitrogen and oxygen atoms in total. The molecule has 1 fully saturated rings.